The third-order valence-corrected chi connectivity index (χ3v) is 9.53. The summed E-state index contributed by atoms with van der Waals surface area (Å²) < 4.78 is 62.4. The second kappa shape index (κ2) is 9.27. The van der Waals surface area contributed by atoms with Crippen molar-refractivity contribution in [1.82, 2.24) is 13.9 Å². The minimum Gasteiger partial charge on any atom is -0.465 e. The molecule has 0 aliphatic rings. The fourth-order valence-corrected chi connectivity index (χ4v) is 6.61. The number of rotatable bonds is 8. The van der Waals surface area contributed by atoms with Gasteiger partial charge in [0.1, 0.15) is 6.33 Å². The molecule has 33 heavy (non-hydrogen) atoms. The summed E-state index contributed by atoms with van der Waals surface area (Å²) in [6, 6.07) is 6.52. The van der Waals surface area contributed by atoms with Crippen LogP contribution in [0.25, 0.3) is 11.0 Å². The first-order chi connectivity index (χ1) is 15.6. The smallest absolute Gasteiger partial charge is 0.351 e. The van der Waals surface area contributed by atoms with Gasteiger partial charge in [-0.2, -0.15) is 8.42 Å². The van der Waals surface area contributed by atoms with E-state index in [1.165, 1.54) is 30.3 Å². The van der Waals surface area contributed by atoms with Crippen LogP contribution in [0.5, 0.6) is 0 Å². The van der Waals surface area contributed by atoms with Crippen molar-refractivity contribution in [1.29, 1.82) is 0 Å². The van der Waals surface area contributed by atoms with Crippen LogP contribution in [0.3, 0.4) is 0 Å². The zero-order chi connectivity index (χ0) is 24.4. The third-order valence-electron chi connectivity index (χ3n) is 4.62. The molecule has 2 heterocycles. The van der Waals surface area contributed by atoms with E-state index in [-0.39, 0.29) is 29.9 Å². The van der Waals surface area contributed by atoms with Crippen molar-refractivity contribution in [3.63, 3.8) is 0 Å². The summed E-state index contributed by atoms with van der Waals surface area (Å²) in [5.41, 5.74) is 0.256. The molecule has 11 nitrogen and oxygen atoms in total. The Kier molecular flexibility index (Phi) is 6.84. The van der Waals surface area contributed by atoms with Gasteiger partial charge in [0.05, 0.1) is 23.8 Å². The molecule has 0 bridgehead atoms. The van der Waals surface area contributed by atoms with Crippen LogP contribution in [0.2, 0.25) is 0 Å². The number of ether oxygens (including phenoxy) is 2. The van der Waals surface area contributed by atoms with Crippen LogP contribution < -0.4 is 0 Å². The average Bonchev–Trinajstić information content (AvgIpc) is 3.20. The van der Waals surface area contributed by atoms with Gasteiger partial charge in [-0.25, -0.2) is 22.4 Å². The molecule has 3 rings (SSSR count). The van der Waals surface area contributed by atoms with Gasteiger partial charge in [-0.05, 0) is 39.0 Å². The molecule has 0 aliphatic carbocycles. The first kappa shape index (κ1) is 24.3. The monoisotopic (exact) mass is 495 g/mol. The Bertz CT molecular complexity index is 1390. The van der Waals surface area contributed by atoms with Crippen molar-refractivity contribution in [3.8, 4) is 0 Å². The summed E-state index contributed by atoms with van der Waals surface area (Å²) in [6.07, 6.45) is 1.89. The van der Waals surface area contributed by atoms with Gasteiger partial charge >= 0.3 is 29.9 Å². The molecule has 0 aliphatic heterocycles. The molecule has 176 valence electrons. The van der Waals surface area contributed by atoms with E-state index in [1.807, 2.05) is 0 Å². The molecule has 2 aromatic heterocycles. The summed E-state index contributed by atoms with van der Waals surface area (Å²) in [6.45, 7) is 4.79. The first-order valence-corrected chi connectivity index (χ1v) is 13.2. The quantitative estimate of drug-likeness (QED) is 0.255. The molecule has 0 amide bonds. The number of hydrogen-bond donors (Lipinski definition) is 0. The Hall–Kier alpha value is -3.32. The third kappa shape index (κ3) is 4.33. The fourth-order valence-electron chi connectivity index (χ4n) is 3.06. The van der Waals surface area contributed by atoms with Crippen LogP contribution >= 0.6 is 0 Å². The number of hydrogen-bond acceptors (Lipinski definition) is 10. The largest absolute Gasteiger partial charge is 0.465 e. The van der Waals surface area contributed by atoms with E-state index < -0.39 is 40.7 Å². The second-order valence-electron chi connectivity index (χ2n) is 6.77. The molecule has 0 radical (unpaired) electrons. The molecular weight excluding hydrogens is 474 g/mol. The highest BCUT2D eigenvalue weighted by Crippen LogP contribution is 2.29. The molecule has 0 spiro atoms. The second-order valence-corrected chi connectivity index (χ2v) is 12.0. The normalized spacial score (nSPS) is 12.1. The van der Waals surface area contributed by atoms with Gasteiger partial charge in [0, 0.05) is 11.6 Å². The number of nitrogens with zero attached hydrogens (tertiary/aromatic N) is 3. The number of aryl methyl sites for hydroxylation is 1. The number of esters is 2. The lowest BCUT2D eigenvalue weighted by molar-refractivity contribution is -0.157. The SMILES string of the molecule is CCOC(=O)C(C(=O)OCC)c1ncnc2c1ccn2S(=O)(=O)S(=O)(=O)c1ccc(C)cc1. The number of benzene rings is 1. The Labute approximate surface area is 189 Å². The zero-order valence-electron chi connectivity index (χ0n) is 18.0. The van der Waals surface area contributed by atoms with E-state index in [9.17, 15) is 26.4 Å². The Morgan fingerprint density at radius 1 is 0.939 bits per heavy atom. The van der Waals surface area contributed by atoms with Gasteiger partial charge in [0.25, 0.3) is 0 Å². The average molecular weight is 496 g/mol. The summed E-state index contributed by atoms with van der Waals surface area (Å²) in [4.78, 5) is 32.4. The van der Waals surface area contributed by atoms with Crippen LogP contribution in [0.4, 0.5) is 0 Å². The lowest BCUT2D eigenvalue weighted by Crippen LogP contribution is -2.27. The van der Waals surface area contributed by atoms with Gasteiger partial charge in [-0.3, -0.25) is 9.59 Å². The minimum atomic E-state index is -5.02. The topological polar surface area (TPSA) is 152 Å². The lowest BCUT2D eigenvalue weighted by Gasteiger charge is -2.14. The van der Waals surface area contributed by atoms with Crippen LogP contribution in [-0.2, 0) is 37.0 Å². The molecule has 0 saturated carbocycles. The Morgan fingerprint density at radius 3 is 2.06 bits per heavy atom. The van der Waals surface area contributed by atoms with Crippen molar-refractivity contribution >= 4 is 40.9 Å². The first-order valence-electron chi connectivity index (χ1n) is 9.78. The van der Waals surface area contributed by atoms with Crippen molar-refractivity contribution < 1.29 is 35.9 Å². The highest BCUT2D eigenvalue weighted by Gasteiger charge is 2.38. The van der Waals surface area contributed by atoms with Crippen molar-refractivity contribution in [2.45, 2.75) is 31.6 Å². The molecule has 0 saturated heterocycles. The molecule has 3 aromatic rings. The highest BCUT2D eigenvalue weighted by atomic mass is 33.2. The van der Waals surface area contributed by atoms with Gasteiger partial charge in [0.2, 0.25) is 0 Å². The van der Waals surface area contributed by atoms with Crippen LogP contribution in [0.15, 0.2) is 47.8 Å². The van der Waals surface area contributed by atoms with E-state index in [0.717, 1.165) is 18.1 Å². The molecule has 0 N–H and O–H groups in total. The fraction of sp³-hybridized carbons (Fsp3) is 0.300. The molecule has 0 fully saturated rings. The molecule has 13 heteroatoms. The van der Waals surface area contributed by atoms with Crippen molar-refractivity contribution in [2.75, 3.05) is 13.2 Å². The van der Waals surface area contributed by atoms with E-state index in [4.69, 9.17) is 9.47 Å². The number of carbonyl (C=O) groups excluding carboxylic acids is 2. The highest BCUT2D eigenvalue weighted by molar-refractivity contribution is 8.66. The van der Waals surface area contributed by atoms with Gasteiger partial charge in [-0.15, -0.1) is 0 Å². The number of aromatic nitrogens is 3. The predicted octanol–water partition coefficient (Wildman–Crippen LogP) is 1.52. The number of carbonyl (C=O) groups is 2. The summed E-state index contributed by atoms with van der Waals surface area (Å²) in [7, 11) is -9.89. The van der Waals surface area contributed by atoms with Crippen LogP contribution in [0.1, 0.15) is 31.0 Å². The maximum atomic E-state index is 13.1. The van der Waals surface area contributed by atoms with E-state index in [0.29, 0.717) is 3.97 Å². The van der Waals surface area contributed by atoms with E-state index in [1.54, 1.807) is 20.8 Å². The Balaban J connectivity index is 2.18. The zero-order valence-corrected chi connectivity index (χ0v) is 19.6. The van der Waals surface area contributed by atoms with Gasteiger partial charge in [-0.1, -0.05) is 17.7 Å². The standard InChI is InChI=1S/C20H21N3O8S2/c1-4-30-19(24)16(20(25)31-5-2)17-15-10-11-23(18(15)22-12-21-17)33(28,29)32(26,27)14-8-6-13(3)7-9-14/h6-12,16H,4-5H2,1-3H3. The van der Waals surface area contributed by atoms with Crippen LogP contribution in [0, 0.1) is 6.92 Å². The summed E-state index contributed by atoms with van der Waals surface area (Å²) in [5, 5.41) is -0.0220. The van der Waals surface area contributed by atoms with E-state index >= 15 is 0 Å². The number of fused-ring (bicyclic) bond motifs is 1. The molecule has 1 aromatic carbocycles. The van der Waals surface area contributed by atoms with E-state index in [2.05, 4.69) is 9.97 Å². The van der Waals surface area contributed by atoms with Gasteiger partial charge in [0.15, 0.2) is 11.6 Å². The van der Waals surface area contributed by atoms with Crippen LogP contribution in [-0.4, -0.2) is 55.9 Å². The predicted molar refractivity (Wildman–Crippen MR) is 116 cm³/mol. The summed E-state index contributed by atoms with van der Waals surface area (Å²) in [5.74, 6) is -3.50. The molecule has 0 unspecified atom stereocenters. The minimum absolute atomic E-state index is 0.0207. The van der Waals surface area contributed by atoms with Crippen molar-refractivity contribution in [2.24, 2.45) is 0 Å². The maximum absolute atomic E-state index is 13.1. The maximum Gasteiger partial charge on any atom is 0.351 e. The Morgan fingerprint density at radius 2 is 1.52 bits per heavy atom. The van der Waals surface area contributed by atoms with Gasteiger partial charge < -0.3 is 9.47 Å². The summed E-state index contributed by atoms with van der Waals surface area (Å²) >= 11 is 0. The lowest BCUT2D eigenvalue weighted by atomic mass is 10.0. The molecule has 0 atom stereocenters. The van der Waals surface area contributed by atoms with Crippen molar-refractivity contribution in [3.05, 3.63) is 54.1 Å². The molecular formula is C20H21N3O8S2.